The van der Waals surface area contributed by atoms with Crippen LogP contribution >= 0.6 is 0 Å². The van der Waals surface area contributed by atoms with Crippen LogP contribution in [0.5, 0.6) is 0 Å². The van der Waals surface area contributed by atoms with Gasteiger partial charge in [0.2, 0.25) is 5.91 Å². The second kappa shape index (κ2) is 13.8. The van der Waals surface area contributed by atoms with Crippen molar-refractivity contribution >= 4 is 27.1 Å². The van der Waals surface area contributed by atoms with E-state index in [1.54, 1.807) is 6.07 Å². The van der Waals surface area contributed by atoms with Crippen molar-refractivity contribution in [2.45, 2.75) is 102 Å². The molecule has 2 aromatic carbocycles. The summed E-state index contributed by atoms with van der Waals surface area (Å²) in [4.78, 5) is 14.9. The van der Waals surface area contributed by atoms with E-state index in [2.05, 4.69) is 26.1 Å². The molecular formula is C32H48N2O4S. The van der Waals surface area contributed by atoms with Crippen LogP contribution in [0.15, 0.2) is 47.4 Å². The molecule has 0 bridgehead atoms. The number of rotatable bonds is 13. The number of hydrogen-bond donors (Lipinski definition) is 2. The van der Waals surface area contributed by atoms with Crippen molar-refractivity contribution in [2.24, 2.45) is 5.41 Å². The first-order valence-corrected chi connectivity index (χ1v) is 16.4. The number of benzene rings is 2. The predicted octanol–water partition coefficient (Wildman–Crippen LogP) is 6.92. The minimum absolute atomic E-state index is 0.0277. The quantitative estimate of drug-likeness (QED) is 0.262. The average molecular weight is 557 g/mol. The number of nitrogens with zero attached hydrogens (tertiary/aromatic N) is 1. The molecule has 216 valence electrons. The van der Waals surface area contributed by atoms with Crippen molar-refractivity contribution in [1.29, 1.82) is 0 Å². The fraction of sp³-hybridized carbons (Fsp3) is 0.594. The summed E-state index contributed by atoms with van der Waals surface area (Å²) in [5.74, 6) is -0.622. The molecule has 2 atom stereocenters. The first-order valence-electron chi connectivity index (χ1n) is 14.7. The molecular weight excluding hydrogens is 508 g/mol. The molecule has 0 spiro atoms. The Morgan fingerprint density at radius 1 is 0.974 bits per heavy atom. The van der Waals surface area contributed by atoms with Gasteiger partial charge in [-0.15, -0.1) is 0 Å². The summed E-state index contributed by atoms with van der Waals surface area (Å²) in [6.07, 6.45) is 7.38. The van der Waals surface area contributed by atoms with Crippen LogP contribution < -0.4 is 10.2 Å². The van der Waals surface area contributed by atoms with Crippen LogP contribution in [0.25, 0.3) is 0 Å². The van der Waals surface area contributed by atoms with Crippen molar-refractivity contribution in [2.75, 3.05) is 30.1 Å². The van der Waals surface area contributed by atoms with Gasteiger partial charge in [0.25, 0.3) is 0 Å². The maximum Gasteiger partial charge on any atom is 0.224 e. The second-order valence-electron chi connectivity index (χ2n) is 11.5. The van der Waals surface area contributed by atoms with Gasteiger partial charge in [0.05, 0.1) is 16.8 Å². The molecule has 0 aliphatic carbocycles. The zero-order valence-electron chi connectivity index (χ0n) is 24.5. The SMILES string of the molecule is CCCCCC(=O)Nc1cccc([C@@H]2c3cc(N(C)C)ccc3S(=O)(=O)CC(CCCC)(CCCC)[C@@H]2O)c1. The van der Waals surface area contributed by atoms with E-state index in [1.807, 2.05) is 55.4 Å². The van der Waals surface area contributed by atoms with Crippen molar-refractivity contribution in [3.63, 3.8) is 0 Å². The van der Waals surface area contributed by atoms with Crippen LogP contribution in [0.2, 0.25) is 0 Å². The average Bonchev–Trinajstić information content (AvgIpc) is 2.97. The van der Waals surface area contributed by atoms with Crippen LogP contribution in [-0.2, 0) is 14.6 Å². The van der Waals surface area contributed by atoms with Crippen molar-refractivity contribution < 1.29 is 18.3 Å². The molecule has 0 aromatic heterocycles. The Balaban J connectivity index is 2.18. The Hall–Kier alpha value is -2.38. The van der Waals surface area contributed by atoms with Gasteiger partial charge < -0.3 is 15.3 Å². The largest absolute Gasteiger partial charge is 0.392 e. The lowest BCUT2D eigenvalue weighted by Crippen LogP contribution is -2.43. The van der Waals surface area contributed by atoms with E-state index >= 15 is 0 Å². The first kappa shape index (κ1) is 31.2. The number of carbonyl (C=O) groups excluding carboxylic acids is 1. The maximum atomic E-state index is 14.0. The van der Waals surface area contributed by atoms with Gasteiger partial charge >= 0.3 is 0 Å². The molecule has 1 aliphatic heterocycles. The van der Waals surface area contributed by atoms with Crippen LogP contribution in [-0.4, -0.2) is 45.4 Å². The predicted molar refractivity (Wildman–Crippen MR) is 161 cm³/mol. The Morgan fingerprint density at radius 2 is 1.64 bits per heavy atom. The van der Waals surface area contributed by atoms with Gasteiger partial charge in [-0.05, 0) is 60.7 Å². The van der Waals surface area contributed by atoms with E-state index in [1.165, 1.54) is 0 Å². The third kappa shape index (κ3) is 7.43. The van der Waals surface area contributed by atoms with Gasteiger partial charge in [-0.1, -0.05) is 71.4 Å². The number of amides is 1. The number of unbranched alkanes of at least 4 members (excludes halogenated alkanes) is 4. The zero-order chi connectivity index (χ0) is 28.6. The number of nitrogens with one attached hydrogen (secondary N) is 1. The van der Waals surface area contributed by atoms with E-state index < -0.39 is 27.3 Å². The number of anilines is 2. The van der Waals surface area contributed by atoms with E-state index in [0.29, 0.717) is 35.4 Å². The second-order valence-corrected chi connectivity index (χ2v) is 13.5. The number of fused-ring (bicyclic) bond motifs is 1. The van der Waals surface area contributed by atoms with Gasteiger partial charge in [0.15, 0.2) is 9.84 Å². The molecule has 1 amide bonds. The Kier molecular flexibility index (Phi) is 11.0. The molecule has 0 radical (unpaired) electrons. The lowest BCUT2D eigenvalue weighted by atomic mass is 9.68. The van der Waals surface area contributed by atoms with E-state index in [-0.39, 0.29) is 11.7 Å². The van der Waals surface area contributed by atoms with Gasteiger partial charge in [-0.3, -0.25) is 4.79 Å². The minimum atomic E-state index is -3.65. The number of sulfone groups is 1. The lowest BCUT2D eigenvalue weighted by Gasteiger charge is -2.40. The highest BCUT2D eigenvalue weighted by molar-refractivity contribution is 7.91. The minimum Gasteiger partial charge on any atom is -0.392 e. The molecule has 3 rings (SSSR count). The molecule has 6 nitrogen and oxygen atoms in total. The van der Waals surface area contributed by atoms with Crippen LogP contribution in [0.3, 0.4) is 0 Å². The van der Waals surface area contributed by atoms with Crippen LogP contribution in [0, 0.1) is 5.41 Å². The summed E-state index contributed by atoms with van der Waals surface area (Å²) in [5.41, 5.74) is 2.25. The van der Waals surface area contributed by atoms with E-state index in [0.717, 1.165) is 56.2 Å². The highest BCUT2D eigenvalue weighted by atomic mass is 32.2. The molecule has 2 aromatic rings. The van der Waals surface area contributed by atoms with Crippen molar-refractivity contribution in [3.8, 4) is 0 Å². The van der Waals surface area contributed by atoms with Gasteiger partial charge in [0.1, 0.15) is 0 Å². The number of aliphatic hydroxyl groups is 1. The normalized spacial score (nSPS) is 19.6. The molecule has 1 heterocycles. The number of aliphatic hydroxyl groups excluding tert-OH is 1. The molecule has 39 heavy (non-hydrogen) atoms. The third-order valence-corrected chi connectivity index (χ3v) is 10.2. The summed E-state index contributed by atoms with van der Waals surface area (Å²) < 4.78 is 28.0. The first-order chi connectivity index (χ1) is 18.6. The molecule has 2 N–H and O–H groups in total. The van der Waals surface area contributed by atoms with E-state index in [4.69, 9.17) is 0 Å². The summed E-state index contributed by atoms with van der Waals surface area (Å²) in [7, 11) is 0.207. The van der Waals surface area contributed by atoms with Crippen LogP contribution in [0.4, 0.5) is 11.4 Å². The smallest absolute Gasteiger partial charge is 0.224 e. The van der Waals surface area contributed by atoms with Crippen LogP contribution in [0.1, 0.15) is 102 Å². The number of hydrogen-bond acceptors (Lipinski definition) is 5. The van der Waals surface area contributed by atoms with Crippen molar-refractivity contribution in [1.82, 2.24) is 0 Å². The summed E-state index contributed by atoms with van der Waals surface area (Å²) >= 11 is 0. The van der Waals surface area contributed by atoms with Gasteiger partial charge in [-0.2, -0.15) is 0 Å². The zero-order valence-corrected chi connectivity index (χ0v) is 25.3. The summed E-state index contributed by atoms with van der Waals surface area (Å²) in [6.45, 7) is 6.32. The molecule has 1 aliphatic rings. The van der Waals surface area contributed by atoms with E-state index in [9.17, 15) is 18.3 Å². The fourth-order valence-corrected chi connectivity index (χ4v) is 8.15. The fourth-order valence-electron chi connectivity index (χ4n) is 5.96. The number of carbonyl (C=O) groups is 1. The molecule has 7 heteroatoms. The summed E-state index contributed by atoms with van der Waals surface area (Å²) in [5, 5.41) is 15.3. The lowest BCUT2D eigenvalue weighted by molar-refractivity contribution is -0.116. The highest BCUT2D eigenvalue weighted by Gasteiger charge is 2.49. The molecule has 0 fully saturated rings. The summed E-state index contributed by atoms with van der Waals surface area (Å²) in [6, 6.07) is 13.1. The van der Waals surface area contributed by atoms with Crippen molar-refractivity contribution in [3.05, 3.63) is 53.6 Å². The Morgan fingerprint density at radius 3 is 2.26 bits per heavy atom. The Bertz CT molecular complexity index is 1200. The monoisotopic (exact) mass is 556 g/mol. The standard InChI is InChI=1S/C32H48N2O4S/c1-6-9-12-16-29(35)33-25-15-13-14-24(21-25)30-27-22-26(34(4)5)17-18-28(27)39(37,38)23-32(31(30)36,19-10-7-2)20-11-8-3/h13-15,17-18,21-22,30-31,36H,6-12,16,19-20,23H2,1-5H3,(H,33,35)/t30-,31-/m1/s1. The topological polar surface area (TPSA) is 86.7 Å². The Labute approximate surface area is 236 Å². The van der Waals surface area contributed by atoms with Gasteiger partial charge in [0, 0.05) is 43.2 Å². The molecule has 0 unspecified atom stereocenters. The third-order valence-electron chi connectivity index (χ3n) is 8.19. The highest BCUT2D eigenvalue weighted by Crippen LogP contribution is 2.50. The molecule has 0 saturated carbocycles. The van der Waals surface area contributed by atoms with Gasteiger partial charge in [-0.25, -0.2) is 8.42 Å². The maximum absolute atomic E-state index is 14.0. The molecule has 0 saturated heterocycles.